The molecule has 0 spiro atoms. The van der Waals surface area contributed by atoms with E-state index in [1.165, 1.54) is 12.1 Å². The van der Waals surface area contributed by atoms with E-state index in [9.17, 15) is 10.1 Å². The fourth-order valence-corrected chi connectivity index (χ4v) is 1.39. The summed E-state index contributed by atoms with van der Waals surface area (Å²) in [5, 5.41) is 16.6. The molecule has 0 saturated carbocycles. The number of aliphatic imine (C=N–C) groups is 1. The van der Waals surface area contributed by atoms with Crippen LogP contribution in [-0.4, -0.2) is 30.5 Å². The molecule has 0 radical (unpaired) electrons. The van der Waals surface area contributed by atoms with Gasteiger partial charge >= 0.3 is 0 Å². The van der Waals surface area contributed by atoms with E-state index in [-0.39, 0.29) is 5.69 Å². The maximum atomic E-state index is 10.5. The van der Waals surface area contributed by atoms with Crippen molar-refractivity contribution < 1.29 is 4.92 Å². The molecular weight excluding hydrogens is 246 g/mol. The predicted octanol–water partition coefficient (Wildman–Crippen LogP) is 1.32. The van der Waals surface area contributed by atoms with E-state index in [0.29, 0.717) is 25.6 Å². The molecule has 0 fully saturated rings. The van der Waals surface area contributed by atoms with Crippen LogP contribution >= 0.6 is 0 Å². The van der Waals surface area contributed by atoms with Crippen molar-refractivity contribution in [1.82, 2.24) is 5.32 Å². The lowest BCUT2D eigenvalue weighted by atomic mass is 10.3. The summed E-state index contributed by atoms with van der Waals surface area (Å²) in [6.07, 6.45) is 0.962. The van der Waals surface area contributed by atoms with E-state index >= 15 is 0 Å². The molecule has 0 aliphatic carbocycles. The number of anilines is 1. The largest absolute Gasteiger partial charge is 0.383 e. The number of guanidine groups is 1. The van der Waals surface area contributed by atoms with Gasteiger partial charge in [-0.25, -0.2) is 0 Å². The summed E-state index contributed by atoms with van der Waals surface area (Å²) >= 11 is 0. The Balaban J connectivity index is 2.28. The van der Waals surface area contributed by atoms with E-state index in [1.807, 2.05) is 6.92 Å². The van der Waals surface area contributed by atoms with Gasteiger partial charge in [0.15, 0.2) is 5.96 Å². The Morgan fingerprint density at radius 1 is 1.37 bits per heavy atom. The van der Waals surface area contributed by atoms with Gasteiger partial charge < -0.3 is 16.4 Å². The summed E-state index contributed by atoms with van der Waals surface area (Å²) in [4.78, 5) is 14.2. The zero-order valence-corrected chi connectivity index (χ0v) is 10.9. The van der Waals surface area contributed by atoms with Gasteiger partial charge in [0, 0.05) is 37.5 Å². The van der Waals surface area contributed by atoms with Gasteiger partial charge in [0.2, 0.25) is 0 Å². The summed E-state index contributed by atoms with van der Waals surface area (Å²) in [7, 11) is 0. The van der Waals surface area contributed by atoms with Crippen molar-refractivity contribution in [2.45, 2.75) is 13.3 Å². The highest BCUT2D eigenvalue weighted by molar-refractivity contribution is 5.77. The first-order valence-electron chi connectivity index (χ1n) is 6.15. The fraction of sp³-hybridized carbons (Fsp3) is 0.417. The van der Waals surface area contributed by atoms with Crippen molar-refractivity contribution in [3.8, 4) is 0 Å². The lowest BCUT2D eigenvalue weighted by molar-refractivity contribution is -0.384. The Bertz CT molecular complexity index is 430. The maximum absolute atomic E-state index is 10.5. The third-order valence-electron chi connectivity index (χ3n) is 2.34. The van der Waals surface area contributed by atoms with E-state index in [4.69, 9.17) is 5.73 Å². The minimum Gasteiger partial charge on any atom is -0.383 e. The van der Waals surface area contributed by atoms with Crippen LogP contribution in [0.5, 0.6) is 0 Å². The molecule has 0 saturated heterocycles. The molecule has 0 unspecified atom stereocenters. The molecule has 4 N–H and O–H groups in total. The summed E-state index contributed by atoms with van der Waals surface area (Å²) in [6, 6.07) is 6.28. The highest BCUT2D eigenvalue weighted by Crippen LogP contribution is 2.14. The number of non-ortho nitro benzene ring substituents is 1. The molecule has 0 heterocycles. The number of nitrogens with one attached hydrogen (secondary N) is 2. The Hall–Kier alpha value is -2.31. The van der Waals surface area contributed by atoms with Crippen LogP contribution in [0.2, 0.25) is 0 Å². The Morgan fingerprint density at radius 3 is 2.63 bits per heavy atom. The number of nitrogens with zero attached hydrogens (tertiary/aromatic N) is 2. The SMILES string of the molecule is CCCN=C(N)NCCNc1ccc([N+](=O)[O-])cc1. The molecule has 0 aliphatic heterocycles. The second-order valence-corrected chi connectivity index (χ2v) is 3.92. The standard InChI is InChI=1S/C12H19N5O2/c1-2-7-15-12(13)16-9-8-14-10-3-5-11(6-4-10)17(18)19/h3-6,14H,2,7-9H2,1H3,(H3,13,15,16). The average Bonchev–Trinajstić information content (AvgIpc) is 2.41. The number of hydrogen-bond acceptors (Lipinski definition) is 4. The third kappa shape index (κ3) is 5.71. The zero-order chi connectivity index (χ0) is 14.1. The summed E-state index contributed by atoms with van der Waals surface area (Å²) < 4.78 is 0. The number of nitro groups is 1. The topological polar surface area (TPSA) is 106 Å². The highest BCUT2D eigenvalue weighted by Gasteiger charge is 2.03. The Morgan fingerprint density at radius 2 is 2.05 bits per heavy atom. The van der Waals surface area contributed by atoms with Crippen LogP contribution in [0, 0.1) is 10.1 Å². The molecule has 1 rings (SSSR count). The average molecular weight is 265 g/mol. The lowest BCUT2D eigenvalue weighted by Crippen LogP contribution is -2.35. The molecule has 0 aliphatic rings. The van der Waals surface area contributed by atoms with E-state index in [1.54, 1.807) is 12.1 Å². The van der Waals surface area contributed by atoms with Crippen LogP contribution in [0.3, 0.4) is 0 Å². The van der Waals surface area contributed by atoms with Crippen LogP contribution in [0.4, 0.5) is 11.4 Å². The van der Waals surface area contributed by atoms with Gasteiger partial charge in [-0.05, 0) is 18.6 Å². The van der Waals surface area contributed by atoms with Crippen molar-refractivity contribution in [2.75, 3.05) is 25.0 Å². The molecule has 7 heteroatoms. The van der Waals surface area contributed by atoms with Crippen LogP contribution in [0.25, 0.3) is 0 Å². The van der Waals surface area contributed by atoms with Gasteiger partial charge in [-0.15, -0.1) is 0 Å². The minimum absolute atomic E-state index is 0.0830. The summed E-state index contributed by atoms with van der Waals surface area (Å²) in [5.74, 6) is 0.437. The van der Waals surface area contributed by atoms with Gasteiger partial charge in [0.25, 0.3) is 5.69 Å². The van der Waals surface area contributed by atoms with Gasteiger partial charge in [-0.1, -0.05) is 6.92 Å². The maximum Gasteiger partial charge on any atom is 0.269 e. The fourth-order valence-electron chi connectivity index (χ4n) is 1.39. The number of rotatable bonds is 7. The molecule has 7 nitrogen and oxygen atoms in total. The quantitative estimate of drug-likeness (QED) is 0.227. The molecule has 1 aromatic rings. The Kier molecular flexibility index (Phi) is 6.14. The number of nitrogens with two attached hydrogens (primary N) is 1. The monoisotopic (exact) mass is 265 g/mol. The van der Waals surface area contributed by atoms with Crippen molar-refractivity contribution in [1.29, 1.82) is 0 Å². The lowest BCUT2D eigenvalue weighted by Gasteiger charge is -2.08. The smallest absolute Gasteiger partial charge is 0.269 e. The van der Waals surface area contributed by atoms with Crippen molar-refractivity contribution >= 4 is 17.3 Å². The number of nitro benzene ring substituents is 1. The number of hydrogen-bond donors (Lipinski definition) is 3. The Labute approximate surface area is 112 Å². The first-order valence-corrected chi connectivity index (χ1v) is 6.15. The van der Waals surface area contributed by atoms with Gasteiger partial charge in [-0.3, -0.25) is 15.1 Å². The molecular formula is C12H19N5O2. The molecule has 0 bridgehead atoms. The molecule has 19 heavy (non-hydrogen) atoms. The normalized spacial score (nSPS) is 11.1. The van der Waals surface area contributed by atoms with Crippen LogP contribution in [0.15, 0.2) is 29.3 Å². The van der Waals surface area contributed by atoms with Gasteiger partial charge in [0.05, 0.1) is 4.92 Å². The van der Waals surface area contributed by atoms with Crippen LogP contribution in [-0.2, 0) is 0 Å². The second kappa shape index (κ2) is 7.91. The highest BCUT2D eigenvalue weighted by atomic mass is 16.6. The predicted molar refractivity (Wildman–Crippen MR) is 76.4 cm³/mol. The van der Waals surface area contributed by atoms with Crippen molar-refractivity contribution in [3.63, 3.8) is 0 Å². The minimum atomic E-state index is -0.420. The van der Waals surface area contributed by atoms with Gasteiger partial charge in [0.1, 0.15) is 0 Å². The van der Waals surface area contributed by atoms with E-state index in [2.05, 4.69) is 15.6 Å². The molecule has 1 aromatic carbocycles. The third-order valence-corrected chi connectivity index (χ3v) is 2.34. The van der Waals surface area contributed by atoms with E-state index in [0.717, 1.165) is 12.1 Å². The molecule has 0 atom stereocenters. The molecule has 104 valence electrons. The van der Waals surface area contributed by atoms with E-state index < -0.39 is 4.92 Å². The first-order chi connectivity index (χ1) is 9.13. The first kappa shape index (κ1) is 14.7. The van der Waals surface area contributed by atoms with Crippen molar-refractivity contribution in [2.24, 2.45) is 10.7 Å². The van der Waals surface area contributed by atoms with Crippen molar-refractivity contribution in [3.05, 3.63) is 34.4 Å². The number of benzene rings is 1. The molecule has 0 aromatic heterocycles. The van der Waals surface area contributed by atoms with Crippen LogP contribution in [0.1, 0.15) is 13.3 Å². The second-order valence-electron chi connectivity index (χ2n) is 3.92. The molecule has 0 amide bonds. The van der Waals surface area contributed by atoms with Gasteiger partial charge in [-0.2, -0.15) is 0 Å². The zero-order valence-electron chi connectivity index (χ0n) is 10.9. The van der Waals surface area contributed by atoms with Crippen LogP contribution < -0.4 is 16.4 Å². The summed E-state index contributed by atoms with van der Waals surface area (Å²) in [6.45, 7) is 4.04. The summed E-state index contributed by atoms with van der Waals surface area (Å²) in [5.41, 5.74) is 6.54.